The molecule has 0 bridgehead atoms. The molecule has 1 aromatic heterocycles. The Hall–Kier alpha value is -1.09. The van der Waals surface area contributed by atoms with E-state index in [9.17, 15) is 5.11 Å². The fourth-order valence-corrected chi connectivity index (χ4v) is 2.78. The van der Waals surface area contributed by atoms with Gasteiger partial charge >= 0.3 is 0 Å². The molecule has 1 aromatic rings. The number of nitrogens with zero attached hydrogens (tertiary/aromatic N) is 1. The van der Waals surface area contributed by atoms with Crippen LogP contribution in [0.3, 0.4) is 0 Å². The molecule has 0 atom stereocenters. The number of hydrogen-bond donors (Lipinski definition) is 2. The van der Waals surface area contributed by atoms with E-state index >= 15 is 0 Å². The minimum absolute atomic E-state index is 0.330. The second-order valence-electron chi connectivity index (χ2n) is 6.08. The third-order valence-corrected chi connectivity index (χ3v) is 4.08. The molecule has 94 valence electrons. The maximum atomic E-state index is 10.8. The molecule has 2 rings (SSSR count). The molecular formula is C14H22N2O. The van der Waals surface area contributed by atoms with Gasteiger partial charge < -0.3 is 10.8 Å². The summed E-state index contributed by atoms with van der Waals surface area (Å²) in [4.78, 5) is 4.11. The molecule has 0 spiro atoms. The zero-order valence-electron chi connectivity index (χ0n) is 11.0. The molecule has 0 saturated heterocycles. The lowest BCUT2D eigenvalue weighted by molar-refractivity contribution is -0.0306. The summed E-state index contributed by atoms with van der Waals surface area (Å²) in [7, 11) is 0. The maximum absolute atomic E-state index is 10.8. The molecule has 0 amide bonds. The summed E-state index contributed by atoms with van der Waals surface area (Å²) in [5.41, 5.74) is 7.37. The summed E-state index contributed by atoms with van der Waals surface area (Å²) in [6.45, 7) is 6.50. The summed E-state index contributed by atoms with van der Waals surface area (Å²) < 4.78 is 0. The molecule has 1 saturated carbocycles. The van der Waals surface area contributed by atoms with Gasteiger partial charge in [-0.15, -0.1) is 0 Å². The van der Waals surface area contributed by atoms with Gasteiger partial charge in [-0.3, -0.25) is 0 Å². The van der Waals surface area contributed by atoms with Crippen LogP contribution in [0.4, 0.5) is 5.82 Å². The molecule has 3 heteroatoms. The Kier molecular flexibility index (Phi) is 2.90. The first-order chi connectivity index (χ1) is 7.84. The van der Waals surface area contributed by atoms with Crippen LogP contribution in [0.25, 0.3) is 0 Å². The van der Waals surface area contributed by atoms with Crippen molar-refractivity contribution in [3.8, 4) is 0 Å². The lowest BCUT2D eigenvalue weighted by Crippen LogP contribution is -2.36. The van der Waals surface area contributed by atoms with Crippen molar-refractivity contribution in [1.29, 1.82) is 0 Å². The van der Waals surface area contributed by atoms with E-state index in [0.29, 0.717) is 11.2 Å². The molecule has 17 heavy (non-hydrogen) atoms. The van der Waals surface area contributed by atoms with Crippen molar-refractivity contribution in [2.24, 2.45) is 5.41 Å². The van der Waals surface area contributed by atoms with Crippen molar-refractivity contribution >= 4 is 5.82 Å². The van der Waals surface area contributed by atoms with E-state index in [0.717, 1.165) is 36.8 Å². The highest BCUT2D eigenvalue weighted by Gasteiger charge is 2.40. The molecule has 1 aliphatic rings. The van der Waals surface area contributed by atoms with Crippen LogP contribution >= 0.6 is 0 Å². The molecule has 0 aromatic carbocycles. The second kappa shape index (κ2) is 3.98. The van der Waals surface area contributed by atoms with Gasteiger partial charge in [-0.25, -0.2) is 4.98 Å². The van der Waals surface area contributed by atoms with E-state index in [4.69, 9.17) is 5.73 Å². The predicted octanol–water partition coefficient (Wildman–Crippen LogP) is 2.76. The highest BCUT2D eigenvalue weighted by atomic mass is 16.3. The Balaban J connectivity index is 2.34. The third kappa shape index (κ3) is 2.29. The van der Waals surface area contributed by atoms with Crippen molar-refractivity contribution < 1.29 is 5.11 Å². The van der Waals surface area contributed by atoms with Gasteiger partial charge in [0.05, 0.1) is 5.60 Å². The molecule has 1 aliphatic carbocycles. The fraction of sp³-hybridized carbons (Fsp3) is 0.643. The summed E-state index contributed by atoms with van der Waals surface area (Å²) in [5, 5.41) is 10.8. The Morgan fingerprint density at radius 3 is 2.35 bits per heavy atom. The van der Waals surface area contributed by atoms with Crippen LogP contribution in [0.1, 0.15) is 50.7 Å². The smallest absolute Gasteiger partial charge is 0.129 e. The van der Waals surface area contributed by atoms with E-state index in [1.165, 1.54) is 0 Å². The fourth-order valence-electron chi connectivity index (χ4n) is 2.78. The monoisotopic (exact) mass is 234 g/mol. The predicted molar refractivity (Wildman–Crippen MR) is 69.5 cm³/mol. The average Bonchev–Trinajstić information content (AvgIpc) is 2.23. The van der Waals surface area contributed by atoms with Gasteiger partial charge in [-0.05, 0) is 49.7 Å². The first-order valence-electron chi connectivity index (χ1n) is 6.28. The zero-order valence-corrected chi connectivity index (χ0v) is 11.0. The van der Waals surface area contributed by atoms with Crippen molar-refractivity contribution in [2.45, 2.75) is 52.1 Å². The van der Waals surface area contributed by atoms with Gasteiger partial charge in [0.1, 0.15) is 5.82 Å². The quantitative estimate of drug-likeness (QED) is 0.785. The van der Waals surface area contributed by atoms with E-state index in [-0.39, 0.29) is 0 Å². The molecule has 1 fully saturated rings. The van der Waals surface area contributed by atoms with Crippen molar-refractivity contribution in [3.63, 3.8) is 0 Å². The molecular weight excluding hydrogens is 212 g/mol. The number of nitrogen functional groups attached to an aromatic ring is 1. The van der Waals surface area contributed by atoms with Gasteiger partial charge in [0.2, 0.25) is 0 Å². The SMILES string of the molecule is Cc1ccnc(N)c1C1(O)CCC(C)(C)CC1. The zero-order chi connectivity index (χ0) is 12.7. The average molecular weight is 234 g/mol. The summed E-state index contributed by atoms with van der Waals surface area (Å²) in [5.74, 6) is 0.479. The molecule has 0 radical (unpaired) electrons. The van der Waals surface area contributed by atoms with Crippen LogP contribution in [0.5, 0.6) is 0 Å². The lowest BCUT2D eigenvalue weighted by atomic mass is 9.68. The van der Waals surface area contributed by atoms with E-state index in [2.05, 4.69) is 18.8 Å². The van der Waals surface area contributed by atoms with E-state index < -0.39 is 5.60 Å². The highest BCUT2D eigenvalue weighted by Crippen LogP contribution is 2.46. The van der Waals surface area contributed by atoms with Gasteiger partial charge in [0.25, 0.3) is 0 Å². The van der Waals surface area contributed by atoms with Crippen molar-refractivity contribution in [1.82, 2.24) is 4.98 Å². The molecule has 3 N–H and O–H groups in total. The Morgan fingerprint density at radius 2 is 1.82 bits per heavy atom. The van der Waals surface area contributed by atoms with Gasteiger partial charge in [0.15, 0.2) is 0 Å². The van der Waals surface area contributed by atoms with Crippen LogP contribution in [-0.2, 0) is 5.60 Å². The van der Waals surface area contributed by atoms with Gasteiger partial charge in [-0.2, -0.15) is 0 Å². The van der Waals surface area contributed by atoms with E-state index in [1.807, 2.05) is 13.0 Å². The van der Waals surface area contributed by atoms with Gasteiger partial charge in [0, 0.05) is 11.8 Å². The maximum Gasteiger partial charge on any atom is 0.129 e. The lowest BCUT2D eigenvalue weighted by Gasteiger charge is -2.41. The number of nitrogens with two attached hydrogens (primary N) is 1. The summed E-state index contributed by atoms with van der Waals surface area (Å²) in [6, 6.07) is 1.92. The highest BCUT2D eigenvalue weighted by molar-refractivity contribution is 5.48. The number of rotatable bonds is 1. The van der Waals surface area contributed by atoms with Gasteiger partial charge in [-0.1, -0.05) is 13.8 Å². The standard InChI is InChI=1S/C14H22N2O/c1-10-4-9-16-12(15)11(10)14(17)7-5-13(2,3)6-8-14/h4,9,17H,5-8H2,1-3H3,(H2,15,16). The Bertz CT molecular complexity index is 396. The topological polar surface area (TPSA) is 59.1 Å². The van der Waals surface area contributed by atoms with Crippen molar-refractivity contribution in [2.75, 3.05) is 5.73 Å². The summed E-state index contributed by atoms with van der Waals surface area (Å²) in [6.07, 6.45) is 5.30. The van der Waals surface area contributed by atoms with Crippen LogP contribution in [0.15, 0.2) is 12.3 Å². The summed E-state index contributed by atoms with van der Waals surface area (Å²) >= 11 is 0. The number of hydrogen-bond acceptors (Lipinski definition) is 3. The number of aliphatic hydroxyl groups is 1. The first kappa shape index (κ1) is 12.4. The van der Waals surface area contributed by atoms with Crippen molar-refractivity contribution in [3.05, 3.63) is 23.4 Å². The third-order valence-electron chi connectivity index (χ3n) is 4.08. The molecule has 3 nitrogen and oxygen atoms in total. The van der Waals surface area contributed by atoms with Crippen LogP contribution in [0, 0.1) is 12.3 Å². The number of aryl methyl sites for hydroxylation is 1. The largest absolute Gasteiger partial charge is 0.385 e. The molecule has 1 heterocycles. The van der Waals surface area contributed by atoms with Crippen LogP contribution in [0.2, 0.25) is 0 Å². The minimum Gasteiger partial charge on any atom is -0.385 e. The minimum atomic E-state index is -0.780. The first-order valence-corrected chi connectivity index (χ1v) is 6.28. The van der Waals surface area contributed by atoms with Crippen LogP contribution < -0.4 is 5.73 Å². The number of aromatic nitrogens is 1. The Morgan fingerprint density at radius 1 is 1.24 bits per heavy atom. The normalized spacial score (nSPS) is 22.4. The molecule has 0 unspecified atom stereocenters. The number of anilines is 1. The second-order valence-corrected chi connectivity index (χ2v) is 6.08. The number of pyridine rings is 1. The van der Waals surface area contributed by atoms with Crippen LogP contribution in [-0.4, -0.2) is 10.1 Å². The van der Waals surface area contributed by atoms with E-state index in [1.54, 1.807) is 6.20 Å². The molecule has 0 aliphatic heterocycles. The Labute approximate surface area is 103 Å².